The molecule has 0 saturated carbocycles. The number of hydrogen-bond acceptors (Lipinski definition) is 30. The van der Waals surface area contributed by atoms with Gasteiger partial charge in [-0.2, -0.15) is 67.3 Å². The van der Waals surface area contributed by atoms with Crippen LogP contribution in [0.25, 0.3) is 32.3 Å². The maximum absolute atomic E-state index is 13.0. The molecule has 0 radical (unpaired) electrons. The fraction of sp³-hybridized carbons (Fsp3) is 0.0455. The van der Waals surface area contributed by atoms with E-state index in [1.54, 1.807) is 0 Å². The molecule has 476 valence electrons. The lowest BCUT2D eigenvalue weighted by molar-refractivity contribution is 0.412. The first-order valence-electron chi connectivity index (χ1n) is 22.9. The summed E-state index contributed by atoms with van der Waals surface area (Å²) in [5.74, 6) is -4.72. The molecule has 0 aliphatic heterocycles. The van der Waals surface area contributed by atoms with Gasteiger partial charge in [0, 0.05) is 28.3 Å². The average Bonchev–Trinajstić information content (AvgIpc) is 0.766. The van der Waals surface area contributed by atoms with Crippen molar-refractivity contribution in [3.8, 4) is 28.7 Å². The highest BCUT2D eigenvalue weighted by Crippen LogP contribution is 2.51. The zero-order chi connectivity index (χ0) is 67.1. The molecule has 0 heterocycles. The number of nitrogens with zero attached hydrogens (tertiary/aromatic N) is 8. The van der Waals surface area contributed by atoms with Crippen molar-refractivity contribution < 1.29 is 129 Å². The zero-order valence-electron chi connectivity index (χ0n) is 43.8. The highest BCUT2D eigenvalue weighted by Gasteiger charge is 2.32. The predicted octanol–water partition coefficient (Wildman–Crippen LogP) is 7.50. The Bertz CT molecular complexity index is 5610. The molecule has 0 atom stereocenters. The Balaban J connectivity index is 1.34. The van der Waals surface area contributed by atoms with Gasteiger partial charge in [0.25, 0.3) is 80.9 Å². The molecule has 0 aromatic heterocycles. The molecule has 0 aliphatic rings. The lowest BCUT2D eigenvalue weighted by atomic mass is 10.0. The summed E-state index contributed by atoms with van der Waals surface area (Å²) in [6.07, 6.45) is 0. The number of anilines is 1. The number of phenolic OH excluding ortho intramolecular Hbond substituents is 3. The van der Waals surface area contributed by atoms with Gasteiger partial charge in [-0.25, -0.2) is 0 Å². The Hall–Kier alpha value is -8.98. The number of benzene rings is 8. The Kier molecular flexibility index (Phi) is 17.2. The number of rotatable bonds is 18. The zero-order valence-corrected chi connectivity index (χ0v) is 50.3. The number of nitrogen functional groups attached to an aromatic ring is 1. The van der Waals surface area contributed by atoms with Crippen molar-refractivity contribution in [1.82, 2.24) is 0 Å². The van der Waals surface area contributed by atoms with Gasteiger partial charge in [0.15, 0.2) is 17.2 Å². The molecule has 13 N–H and O–H groups in total. The van der Waals surface area contributed by atoms with Crippen molar-refractivity contribution in [2.45, 2.75) is 39.2 Å². The van der Waals surface area contributed by atoms with E-state index >= 15 is 0 Å². The minimum absolute atomic E-state index is 0.151. The van der Waals surface area contributed by atoms with Crippen LogP contribution in [0.4, 0.5) is 51.2 Å². The summed E-state index contributed by atoms with van der Waals surface area (Å²) in [7, 11) is -42.1. The van der Waals surface area contributed by atoms with Crippen LogP contribution in [0, 0.1) is 0 Å². The van der Waals surface area contributed by atoms with Gasteiger partial charge in [0.2, 0.25) is 0 Å². The van der Waals surface area contributed by atoms with Gasteiger partial charge >= 0.3 is 0 Å². The normalized spacial score (nSPS) is 13.5. The number of methoxy groups -OCH3 is 2. The first-order chi connectivity index (χ1) is 41.2. The van der Waals surface area contributed by atoms with Gasteiger partial charge in [-0.3, -0.25) is 36.4 Å². The van der Waals surface area contributed by atoms with Crippen molar-refractivity contribution in [1.29, 1.82) is 0 Å². The van der Waals surface area contributed by atoms with Crippen LogP contribution in [-0.4, -0.2) is 133 Å². The molecule has 0 amide bonds. The van der Waals surface area contributed by atoms with E-state index in [0.717, 1.165) is 50.6 Å². The summed E-state index contributed by atoms with van der Waals surface area (Å²) in [6, 6.07) is 8.58. The molecule has 0 spiro atoms. The monoisotopic (exact) mass is 1410 g/mol. The number of aromatic hydroxyl groups is 3. The third-order valence-corrected chi connectivity index (χ3v) is 19.2. The Labute approximate surface area is 503 Å². The molecule has 0 aliphatic carbocycles. The molecular formula is C44H33N9O29S8. The van der Waals surface area contributed by atoms with Crippen LogP contribution in [-0.2, 0) is 80.9 Å². The number of ether oxygens (including phenoxy) is 2. The number of phenols is 3. The number of fused-ring (bicyclic) bond motifs is 3. The first kappa shape index (κ1) is 67.0. The van der Waals surface area contributed by atoms with Gasteiger partial charge in [-0.15, -0.1) is 40.9 Å². The van der Waals surface area contributed by atoms with E-state index in [0.29, 0.717) is 42.5 Å². The van der Waals surface area contributed by atoms with E-state index in [4.69, 9.17) is 15.2 Å². The minimum atomic E-state index is -5.86. The maximum Gasteiger partial charge on any atom is 0.296 e. The van der Waals surface area contributed by atoms with E-state index in [2.05, 4.69) is 40.9 Å². The maximum atomic E-state index is 13.0. The molecule has 8 aromatic carbocycles. The van der Waals surface area contributed by atoms with Crippen LogP contribution in [0.1, 0.15) is 0 Å². The highest BCUT2D eigenvalue weighted by atomic mass is 32.2. The van der Waals surface area contributed by atoms with Gasteiger partial charge in [0.1, 0.15) is 96.2 Å². The summed E-state index contributed by atoms with van der Waals surface area (Å²) < 4.78 is 293. The van der Waals surface area contributed by atoms with E-state index in [1.165, 1.54) is 0 Å². The molecule has 0 saturated heterocycles. The van der Waals surface area contributed by atoms with Crippen molar-refractivity contribution in [3.63, 3.8) is 0 Å². The Morgan fingerprint density at radius 1 is 0.311 bits per heavy atom. The number of hydrogen-bond donors (Lipinski definition) is 12. The van der Waals surface area contributed by atoms with E-state index in [1.807, 2.05) is 0 Å². The summed E-state index contributed by atoms with van der Waals surface area (Å²) in [5, 5.41) is 58.0. The van der Waals surface area contributed by atoms with E-state index in [9.17, 15) is 119 Å². The van der Waals surface area contributed by atoms with Crippen LogP contribution < -0.4 is 15.2 Å². The molecule has 0 unspecified atom stereocenters. The second-order valence-electron chi connectivity index (χ2n) is 17.8. The average molecular weight is 1410 g/mol. The van der Waals surface area contributed by atoms with Crippen LogP contribution in [0.3, 0.4) is 0 Å². The van der Waals surface area contributed by atoms with Crippen LogP contribution in [0.2, 0.25) is 0 Å². The number of azo groups is 4. The fourth-order valence-electron chi connectivity index (χ4n) is 8.22. The molecule has 8 rings (SSSR count). The topological polar surface area (TPSA) is 639 Å². The molecule has 8 aromatic rings. The van der Waals surface area contributed by atoms with Gasteiger partial charge in [-0.05, 0) is 83.6 Å². The second-order valence-corrected chi connectivity index (χ2v) is 28.9. The predicted molar refractivity (Wildman–Crippen MR) is 302 cm³/mol. The van der Waals surface area contributed by atoms with Gasteiger partial charge in [-0.1, -0.05) is 0 Å². The third kappa shape index (κ3) is 13.5. The van der Waals surface area contributed by atoms with Crippen molar-refractivity contribution in [2.75, 3.05) is 20.0 Å². The summed E-state index contributed by atoms with van der Waals surface area (Å²) in [6.45, 7) is 0. The summed E-state index contributed by atoms with van der Waals surface area (Å²) in [4.78, 5) is -10.6. The standard InChI is InChI=1S/C44H33N9O29S8/c1-81-19-3-5-24(32(11-19)86(66,67)68)46-51-39-34(88(72,73)74)9-17-7-30(84(60,61)62)26(13-21(17)42(39)54)48-50-28-16-29(83(57,58)59)23-15-36(90(78,79)80)41(44(56)37(23)38(28)45)53-49-27-14-22-18(8-31(27)85(63,64)65)10-35(89(75,76)77)40(43(22)55)52-47-25-6-4-20(82-2)12-33(25)87(69,70)71/h3-16,54-56H,45H2,1-2H3,(H,57,58,59)(H,60,61,62)(H,63,64,65)(H,66,67,68)(H,69,70,71)(H,72,73,74)(H,75,76,77)(H,78,79,80). The summed E-state index contributed by atoms with van der Waals surface area (Å²) in [5.41, 5.74) is -3.66. The SMILES string of the molecule is COc1ccc(N=Nc2c(S(=O)(=O)O)cc3cc(S(=O)(=O)O)c(N=Nc4cc(S(=O)(=O)O)c5cc(S(=O)(=O)O)c(N=Nc6cc7c(O)c(N=Nc8ccc(OC)cc8S(=O)(=O)O)c(S(=O)(=O)O)cc7cc6S(=O)(=O)O)c(O)c5c4N)cc3c2O)c(S(=O)(=O)O)c1. The largest absolute Gasteiger partial charge is 0.505 e. The molecule has 46 heteroatoms. The third-order valence-electron chi connectivity index (χ3n) is 12.2. The van der Waals surface area contributed by atoms with E-state index < -0.39 is 221 Å². The summed E-state index contributed by atoms with van der Waals surface area (Å²) >= 11 is 0. The second kappa shape index (κ2) is 23.1. The van der Waals surface area contributed by atoms with Crippen LogP contribution >= 0.6 is 0 Å². The minimum Gasteiger partial charge on any atom is -0.505 e. The van der Waals surface area contributed by atoms with E-state index in [-0.39, 0.29) is 17.6 Å². The molecule has 38 nitrogen and oxygen atoms in total. The smallest absolute Gasteiger partial charge is 0.296 e. The Morgan fingerprint density at radius 3 is 0.944 bits per heavy atom. The van der Waals surface area contributed by atoms with Gasteiger partial charge < -0.3 is 30.5 Å². The lowest BCUT2D eigenvalue weighted by Gasteiger charge is -2.15. The Morgan fingerprint density at radius 2 is 0.600 bits per heavy atom. The molecule has 0 bridgehead atoms. The lowest BCUT2D eigenvalue weighted by Crippen LogP contribution is -2.04. The highest BCUT2D eigenvalue weighted by molar-refractivity contribution is 7.88. The van der Waals surface area contributed by atoms with Crippen LogP contribution in [0.5, 0.6) is 28.7 Å². The quantitative estimate of drug-likeness (QED) is 0.0225. The van der Waals surface area contributed by atoms with Crippen molar-refractivity contribution in [3.05, 3.63) is 84.9 Å². The molecule has 0 fully saturated rings. The first-order valence-corrected chi connectivity index (χ1v) is 34.4. The molecular weight excluding hydrogens is 1380 g/mol. The fourth-order valence-corrected chi connectivity index (χ4v) is 13.4. The van der Waals surface area contributed by atoms with Gasteiger partial charge in [0.05, 0.1) is 25.3 Å². The van der Waals surface area contributed by atoms with Crippen molar-refractivity contribution >= 4 is 164 Å². The van der Waals surface area contributed by atoms with Crippen LogP contribution in [0.15, 0.2) is 165 Å². The van der Waals surface area contributed by atoms with Crippen molar-refractivity contribution in [2.24, 2.45) is 40.9 Å². The molecule has 90 heavy (non-hydrogen) atoms. The number of nitrogens with two attached hydrogens (primary N) is 1.